The Labute approximate surface area is 132 Å². The first-order valence-corrected chi connectivity index (χ1v) is 7.28. The van der Waals surface area contributed by atoms with Gasteiger partial charge in [0.1, 0.15) is 0 Å². The zero-order valence-corrected chi connectivity index (χ0v) is 12.8. The van der Waals surface area contributed by atoms with Crippen LogP contribution in [-0.2, 0) is 0 Å². The van der Waals surface area contributed by atoms with E-state index in [0.29, 0.717) is 10.9 Å². The maximum absolute atomic E-state index is 12.8. The number of benzene rings is 1. The molecule has 1 aliphatic rings. The smallest absolute Gasteiger partial charge is 0.283 e. The first-order chi connectivity index (χ1) is 11.2. The summed E-state index contributed by atoms with van der Waals surface area (Å²) in [7, 11) is 3.82. The number of rotatable bonds is 1. The third kappa shape index (κ3) is 1.99. The highest BCUT2D eigenvalue weighted by Gasteiger charge is 2.16. The molecule has 3 aromatic rings. The quantitative estimate of drug-likeness (QED) is 0.668. The SMILES string of the molecule is CN1C=C/C(=c2/cnc3c(-c4ccccc4)cnn3c2=O)N1C. The molecule has 23 heavy (non-hydrogen) atoms. The zero-order chi connectivity index (χ0) is 16.0. The lowest BCUT2D eigenvalue weighted by Gasteiger charge is -2.23. The largest absolute Gasteiger partial charge is 0.296 e. The van der Waals surface area contributed by atoms with Gasteiger partial charge in [-0.15, -0.1) is 0 Å². The van der Waals surface area contributed by atoms with Crippen LogP contribution in [-0.4, -0.2) is 38.7 Å². The van der Waals surface area contributed by atoms with E-state index in [-0.39, 0.29) is 5.56 Å². The number of aromatic nitrogens is 3. The molecule has 0 radical (unpaired) electrons. The molecule has 0 saturated carbocycles. The van der Waals surface area contributed by atoms with Crippen LogP contribution in [0.1, 0.15) is 0 Å². The lowest BCUT2D eigenvalue weighted by atomic mass is 10.1. The fraction of sp³-hybridized carbons (Fsp3) is 0.118. The van der Waals surface area contributed by atoms with Crippen molar-refractivity contribution in [1.29, 1.82) is 0 Å². The molecule has 2 aromatic heterocycles. The molecular weight excluding hydrogens is 290 g/mol. The summed E-state index contributed by atoms with van der Waals surface area (Å²) in [5.74, 6) is 0. The Morgan fingerprint density at radius 3 is 2.52 bits per heavy atom. The van der Waals surface area contributed by atoms with Crippen molar-refractivity contribution in [3.05, 3.63) is 70.6 Å². The Kier molecular flexibility index (Phi) is 2.90. The Morgan fingerprint density at radius 2 is 1.83 bits per heavy atom. The molecule has 0 unspecified atom stereocenters. The van der Waals surface area contributed by atoms with E-state index in [2.05, 4.69) is 10.1 Å². The van der Waals surface area contributed by atoms with Crippen LogP contribution in [0.25, 0.3) is 22.5 Å². The van der Waals surface area contributed by atoms with E-state index < -0.39 is 0 Å². The van der Waals surface area contributed by atoms with E-state index in [1.807, 2.05) is 66.7 Å². The predicted octanol–water partition coefficient (Wildman–Crippen LogP) is 0.889. The minimum atomic E-state index is -0.168. The summed E-state index contributed by atoms with van der Waals surface area (Å²) in [4.78, 5) is 17.3. The Balaban J connectivity index is 1.98. The Hall–Kier alpha value is -3.15. The molecule has 114 valence electrons. The van der Waals surface area contributed by atoms with Crippen molar-refractivity contribution in [3.8, 4) is 11.1 Å². The molecule has 0 amide bonds. The topological polar surface area (TPSA) is 53.7 Å². The normalized spacial score (nSPS) is 16.6. The van der Waals surface area contributed by atoms with Crippen LogP contribution >= 0.6 is 0 Å². The highest BCUT2D eigenvalue weighted by molar-refractivity contribution is 5.76. The second kappa shape index (κ2) is 4.95. The second-order valence-corrected chi connectivity index (χ2v) is 5.43. The van der Waals surface area contributed by atoms with Crippen LogP contribution in [0.2, 0.25) is 0 Å². The Bertz CT molecular complexity index is 1020. The minimum Gasteiger partial charge on any atom is -0.296 e. The van der Waals surface area contributed by atoms with Crippen molar-refractivity contribution >= 4 is 11.3 Å². The Morgan fingerprint density at radius 1 is 1.04 bits per heavy atom. The van der Waals surface area contributed by atoms with Gasteiger partial charge in [-0.2, -0.15) is 9.61 Å². The first kappa shape index (κ1) is 13.5. The molecule has 0 saturated heterocycles. The monoisotopic (exact) mass is 305 g/mol. The van der Waals surface area contributed by atoms with Gasteiger partial charge in [0.15, 0.2) is 5.65 Å². The number of nitrogens with zero attached hydrogens (tertiary/aromatic N) is 5. The zero-order valence-electron chi connectivity index (χ0n) is 12.8. The van der Waals surface area contributed by atoms with Gasteiger partial charge in [0.05, 0.1) is 17.1 Å². The van der Waals surface area contributed by atoms with Crippen LogP contribution in [0, 0.1) is 0 Å². The van der Waals surface area contributed by atoms with Gasteiger partial charge >= 0.3 is 0 Å². The summed E-state index contributed by atoms with van der Waals surface area (Å²) in [5.41, 5.74) is 3.06. The summed E-state index contributed by atoms with van der Waals surface area (Å²) in [6, 6.07) is 9.82. The molecule has 1 aromatic carbocycles. The first-order valence-electron chi connectivity index (χ1n) is 7.28. The third-order valence-electron chi connectivity index (χ3n) is 4.11. The summed E-state index contributed by atoms with van der Waals surface area (Å²) >= 11 is 0. The molecular formula is C17H15N5O. The fourth-order valence-electron chi connectivity index (χ4n) is 2.73. The molecule has 4 rings (SSSR count). The van der Waals surface area contributed by atoms with Crippen LogP contribution in [0.5, 0.6) is 0 Å². The summed E-state index contributed by atoms with van der Waals surface area (Å²) < 4.78 is 1.37. The standard InChI is InChI=1S/C17H15N5O/c1-20-9-8-15(21(20)2)14-10-18-16-13(11-19-22(16)17(14)23)12-6-4-3-5-7-12/h3-11H,1-2H3/b15-14+. The lowest BCUT2D eigenvalue weighted by molar-refractivity contribution is 0.175. The van der Waals surface area contributed by atoms with Crippen LogP contribution < -0.4 is 10.8 Å². The average molecular weight is 305 g/mol. The third-order valence-corrected chi connectivity index (χ3v) is 4.11. The molecule has 6 heteroatoms. The van der Waals surface area contributed by atoms with E-state index in [9.17, 15) is 4.79 Å². The predicted molar refractivity (Wildman–Crippen MR) is 88.0 cm³/mol. The van der Waals surface area contributed by atoms with Gasteiger partial charge < -0.3 is 0 Å². The van der Waals surface area contributed by atoms with Crippen molar-refractivity contribution in [2.75, 3.05) is 14.1 Å². The van der Waals surface area contributed by atoms with Gasteiger partial charge in [0, 0.05) is 32.1 Å². The highest BCUT2D eigenvalue weighted by atomic mass is 16.1. The fourth-order valence-corrected chi connectivity index (χ4v) is 2.73. The van der Waals surface area contributed by atoms with E-state index in [1.165, 1.54) is 4.52 Å². The number of fused-ring (bicyclic) bond motifs is 1. The van der Waals surface area contributed by atoms with E-state index in [4.69, 9.17) is 0 Å². The van der Waals surface area contributed by atoms with Gasteiger partial charge in [-0.05, 0) is 11.6 Å². The summed E-state index contributed by atoms with van der Waals surface area (Å²) in [6.07, 6.45) is 7.11. The van der Waals surface area contributed by atoms with Crippen molar-refractivity contribution in [2.45, 2.75) is 0 Å². The summed E-state index contributed by atoms with van der Waals surface area (Å²) in [6.45, 7) is 0. The number of hydrazine groups is 1. The van der Waals surface area contributed by atoms with E-state index in [0.717, 1.165) is 16.8 Å². The molecule has 0 N–H and O–H groups in total. The van der Waals surface area contributed by atoms with Crippen LogP contribution in [0.3, 0.4) is 0 Å². The average Bonchev–Trinajstić information content (AvgIpc) is 3.14. The van der Waals surface area contributed by atoms with Crippen molar-refractivity contribution < 1.29 is 0 Å². The molecule has 1 aliphatic heterocycles. The maximum atomic E-state index is 12.8. The van der Waals surface area contributed by atoms with Crippen molar-refractivity contribution in [3.63, 3.8) is 0 Å². The van der Waals surface area contributed by atoms with Gasteiger partial charge in [-0.3, -0.25) is 14.8 Å². The number of hydrogen-bond acceptors (Lipinski definition) is 5. The van der Waals surface area contributed by atoms with Gasteiger partial charge in [-0.25, -0.2) is 4.98 Å². The second-order valence-electron chi connectivity index (χ2n) is 5.43. The molecule has 3 heterocycles. The van der Waals surface area contributed by atoms with Gasteiger partial charge in [0.25, 0.3) is 5.56 Å². The molecule has 0 bridgehead atoms. The maximum Gasteiger partial charge on any atom is 0.283 e. The number of hydrogen-bond donors (Lipinski definition) is 0. The molecule has 0 aliphatic carbocycles. The molecule has 0 fully saturated rings. The molecule has 0 atom stereocenters. The van der Waals surface area contributed by atoms with E-state index >= 15 is 0 Å². The van der Waals surface area contributed by atoms with Crippen LogP contribution in [0.4, 0.5) is 0 Å². The number of likely N-dealkylation sites (N-methyl/N-ethyl adjacent to an activating group) is 1. The van der Waals surface area contributed by atoms with Gasteiger partial charge in [-0.1, -0.05) is 30.3 Å². The van der Waals surface area contributed by atoms with Gasteiger partial charge in [0.2, 0.25) is 0 Å². The summed E-state index contributed by atoms with van der Waals surface area (Å²) in [5, 5.41) is 8.57. The molecule has 6 nitrogen and oxygen atoms in total. The lowest BCUT2D eigenvalue weighted by Crippen LogP contribution is -2.38. The van der Waals surface area contributed by atoms with E-state index in [1.54, 1.807) is 12.4 Å². The highest BCUT2D eigenvalue weighted by Crippen LogP contribution is 2.21. The van der Waals surface area contributed by atoms with Crippen molar-refractivity contribution in [1.82, 2.24) is 24.6 Å². The van der Waals surface area contributed by atoms with Crippen molar-refractivity contribution in [2.24, 2.45) is 0 Å². The van der Waals surface area contributed by atoms with Crippen LogP contribution in [0.15, 0.2) is 59.8 Å². The minimum absolute atomic E-state index is 0.168. The molecule has 0 spiro atoms.